The van der Waals surface area contributed by atoms with Crippen LogP contribution in [0.5, 0.6) is 0 Å². The Morgan fingerprint density at radius 3 is 2.82 bits per heavy atom. The van der Waals surface area contributed by atoms with E-state index in [1.165, 1.54) is 0 Å². The zero-order valence-corrected chi connectivity index (χ0v) is 10.6. The number of carboxylic acids is 1. The highest BCUT2D eigenvalue weighted by molar-refractivity contribution is 5.84. The summed E-state index contributed by atoms with van der Waals surface area (Å²) in [6.07, 6.45) is 1.07. The molecule has 17 heavy (non-hydrogen) atoms. The minimum absolute atomic E-state index is 0.0149. The molecule has 1 heterocycles. The molecule has 0 aliphatic carbocycles. The van der Waals surface area contributed by atoms with Gasteiger partial charge in [0.2, 0.25) is 5.76 Å². The Labute approximate surface area is 101 Å². The molecule has 1 aromatic heterocycles. The van der Waals surface area contributed by atoms with Crippen molar-refractivity contribution in [3.8, 4) is 0 Å². The van der Waals surface area contributed by atoms with Gasteiger partial charge >= 0.3 is 5.97 Å². The summed E-state index contributed by atoms with van der Waals surface area (Å²) in [6.45, 7) is 4.46. The van der Waals surface area contributed by atoms with E-state index in [0.717, 1.165) is 25.1 Å². The predicted molar refractivity (Wildman–Crippen MR) is 65.3 cm³/mol. The quantitative estimate of drug-likeness (QED) is 0.704. The van der Waals surface area contributed by atoms with Crippen molar-refractivity contribution in [2.45, 2.75) is 19.9 Å². The van der Waals surface area contributed by atoms with Gasteiger partial charge in [-0.25, -0.2) is 4.79 Å². The first-order valence-electron chi connectivity index (χ1n) is 5.70. The van der Waals surface area contributed by atoms with Crippen LogP contribution in [0.3, 0.4) is 0 Å². The number of nitrogens with zero attached hydrogens (tertiary/aromatic N) is 1. The Morgan fingerprint density at radius 1 is 1.59 bits per heavy atom. The molecule has 0 atom stereocenters. The molecule has 0 radical (unpaired) electrons. The lowest BCUT2D eigenvalue weighted by Crippen LogP contribution is -2.22. The average Bonchev–Trinajstić information content (AvgIpc) is 2.61. The van der Waals surface area contributed by atoms with Gasteiger partial charge in [0.1, 0.15) is 5.76 Å². The summed E-state index contributed by atoms with van der Waals surface area (Å²) in [4.78, 5) is 12.9. The molecular weight excluding hydrogens is 220 g/mol. The van der Waals surface area contributed by atoms with Gasteiger partial charge < -0.3 is 19.7 Å². The Kier molecular flexibility index (Phi) is 5.18. The standard InChI is InChI=1S/C12H20N2O3/c1-9-10(7-11(17-9)12(15)16)8-14(3)6-4-5-13-2/h7,13H,4-6,8H2,1-3H3,(H,15,16). The number of carbonyl (C=O) groups is 1. The van der Waals surface area contributed by atoms with E-state index in [2.05, 4.69) is 10.2 Å². The van der Waals surface area contributed by atoms with Crippen LogP contribution in [0.15, 0.2) is 10.5 Å². The van der Waals surface area contributed by atoms with Crippen molar-refractivity contribution in [2.24, 2.45) is 0 Å². The molecule has 0 unspecified atom stereocenters. The third-order valence-electron chi connectivity index (χ3n) is 2.64. The summed E-state index contributed by atoms with van der Waals surface area (Å²) in [5.74, 6) is -0.318. The molecule has 5 nitrogen and oxygen atoms in total. The first-order valence-corrected chi connectivity index (χ1v) is 5.70. The zero-order chi connectivity index (χ0) is 12.8. The maximum atomic E-state index is 10.7. The van der Waals surface area contributed by atoms with Crippen LogP contribution in [0.4, 0.5) is 0 Å². The molecule has 0 spiro atoms. The lowest BCUT2D eigenvalue weighted by atomic mass is 10.2. The number of aromatic carboxylic acids is 1. The molecule has 2 N–H and O–H groups in total. The molecule has 0 aromatic carbocycles. The van der Waals surface area contributed by atoms with Gasteiger partial charge in [-0.15, -0.1) is 0 Å². The predicted octanol–water partition coefficient (Wildman–Crippen LogP) is 1.33. The zero-order valence-electron chi connectivity index (χ0n) is 10.6. The van der Waals surface area contributed by atoms with Crippen LogP contribution >= 0.6 is 0 Å². The Hall–Kier alpha value is -1.33. The van der Waals surface area contributed by atoms with Gasteiger partial charge in [-0.3, -0.25) is 0 Å². The SMILES string of the molecule is CNCCCN(C)Cc1cc(C(=O)O)oc1C. The van der Waals surface area contributed by atoms with Crippen molar-refractivity contribution in [3.63, 3.8) is 0 Å². The normalized spacial score (nSPS) is 11.1. The summed E-state index contributed by atoms with van der Waals surface area (Å²) in [5, 5.41) is 11.9. The number of nitrogens with one attached hydrogen (secondary N) is 1. The molecule has 0 fully saturated rings. The second-order valence-corrected chi connectivity index (χ2v) is 4.19. The maximum Gasteiger partial charge on any atom is 0.371 e. The van der Waals surface area contributed by atoms with E-state index in [-0.39, 0.29) is 5.76 Å². The fourth-order valence-electron chi connectivity index (χ4n) is 1.68. The van der Waals surface area contributed by atoms with E-state index >= 15 is 0 Å². The van der Waals surface area contributed by atoms with Gasteiger partial charge in [-0.1, -0.05) is 0 Å². The second kappa shape index (κ2) is 6.42. The van der Waals surface area contributed by atoms with Crippen molar-refractivity contribution in [1.82, 2.24) is 10.2 Å². The third kappa shape index (κ3) is 4.20. The van der Waals surface area contributed by atoms with E-state index in [1.807, 2.05) is 14.1 Å². The van der Waals surface area contributed by atoms with Gasteiger partial charge in [0, 0.05) is 12.1 Å². The highest BCUT2D eigenvalue weighted by Gasteiger charge is 2.13. The maximum absolute atomic E-state index is 10.7. The smallest absolute Gasteiger partial charge is 0.371 e. The third-order valence-corrected chi connectivity index (χ3v) is 2.64. The first-order chi connectivity index (χ1) is 8.04. The molecule has 0 saturated heterocycles. The topological polar surface area (TPSA) is 65.7 Å². The van der Waals surface area contributed by atoms with E-state index in [9.17, 15) is 4.79 Å². The van der Waals surface area contributed by atoms with Crippen LogP contribution < -0.4 is 5.32 Å². The second-order valence-electron chi connectivity index (χ2n) is 4.19. The number of hydrogen-bond acceptors (Lipinski definition) is 4. The molecule has 1 aromatic rings. The molecule has 1 rings (SSSR count). The minimum atomic E-state index is -1.02. The van der Waals surface area contributed by atoms with E-state index in [1.54, 1.807) is 13.0 Å². The number of carboxylic acid groups (broad SMARTS) is 1. The Morgan fingerprint density at radius 2 is 2.29 bits per heavy atom. The molecule has 0 aliphatic heterocycles. The molecule has 0 aliphatic rings. The number of rotatable bonds is 7. The Bertz CT molecular complexity index is 374. The molecule has 96 valence electrons. The summed E-state index contributed by atoms with van der Waals surface area (Å²) in [5.41, 5.74) is 0.939. The number of furan rings is 1. The number of hydrogen-bond donors (Lipinski definition) is 2. The lowest BCUT2D eigenvalue weighted by molar-refractivity contribution is 0.0661. The van der Waals surface area contributed by atoms with Gasteiger partial charge in [-0.05, 0) is 46.6 Å². The van der Waals surface area contributed by atoms with Gasteiger partial charge in [0.05, 0.1) is 0 Å². The van der Waals surface area contributed by atoms with Crippen LogP contribution in [-0.4, -0.2) is 43.2 Å². The molecule has 0 saturated carbocycles. The van der Waals surface area contributed by atoms with Crippen molar-refractivity contribution >= 4 is 5.97 Å². The van der Waals surface area contributed by atoms with Crippen LogP contribution in [0.2, 0.25) is 0 Å². The summed E-state index contributed by atoms with van der Waals surface area (Å²) in [6, 6.07) is 1.60. The molecule has 5 heteroatoms. The van der Waals surface area contributed by atoms with Gasteiger partial charge in [0.15, 0.2) is 0 Å². The summed E-state index contributed by atoms with van der Waals surface area (Å²) in [7, 11) is 3.95. The highest BCUT2D eigenvalue weighted by Crippen LogP contribution is 2.16. The van der Waals surface area contributed by atoms with Crippen LogP contribution in [0, 0.1) is 6.92 Å². The van der Waals surface area contributed by atoms with E-state index in [0.29, 0.717) is 12.3 Å². The fourth-order valence-corrected chi connectivity index (χ4v) is 1.68. The van der Waals surface area contributed by atoms with Crippen LogP contribution in [0.25, 0.3) is 0 Å². The fraction of sp³-hybridized carbons (Fsp3) is 0.583. The molecule has 0 bridgehead atoms. The number of aryl methyl sites for hydroxylation is 1. The Balaban J connectivity index is 2.52. The van der Waals surface area contributed by atoms with Gasteiger partial charge in [-0.2, -0.15) is 0 Å². The van der Waals surface area contributed by atoms with Crippen LogP contribution in [-0.2, 0) is 6.54 Å². The molecule has 0 amide bonds. The van der Waals surface area contributed by atoms with E-state index < -0.39 is 5.97 Å². The molecular formula is C12H20N2O3. The monoisotopic (exact) mass is 240 g/mol. The van der Waals surface area contributed by atoms with Crippen molar-refractivity contribution in [2.75, 3.05) is 27.2 Å². The largest absolute Gasteiger partial charge is 0.475 e. The van der Waals surface area contributed by atoms with Crippen molar-refractivity contribution in [1.29, 1.82) is 0 Å². The lowest BCUT2D eigenvalue weighted by Gasteiger charge is -2.15. The first kappa shape index (κ1) is 13.7. The van der Waals surface area contributed by atoms with Gasteiger partial charge in [0.25, 0.3) is 0 Å². The van der Waals surface area contributed by atoms with Crippen molar-refractivity contribution < 1.29 is 14.3 Å². The van der Waals surface area contributed by atoms with E-state index in [4.69, 9.17) is 9.52 Å². The minimum Gasteiger partial charge on any atom is -0.475 e. The van der Waals surface area contributed by atoms with Crippen LogP contribution in [0.1, 0.15) is 28.3 Å². The van der Waals surface area contributed by atoms with Crippen molar-refractivity contribution in [3.05, 3.63) is 23.2 Å². The average molecular weight is 240 g/mol. The highest BCUT2D eigenvalue weighted by atomic mass is 16.4. The summed E-state index contributed by atoms with van der Waals surface area (Å²) >= 11 is 0. The summed E-state index contributed by atoms with van der Waals surface area (Å²) < 4.78 is 5.16.